The zero-order valence-electron chi connectivity index (χ0n) is 17.8. The Hall–Kier alpha value is -2.60. The first-order valence-electron chi connectivity index (χ1n) is 10.6. The number of aryl methyl sites for hydroxylation is 1. The Morgan fingerprint density at radius 1 is 1.36 bits per heavy atom. The Balaban J connectivity index is 1.52. The number of hydrogen-bond donors (Lipinski definition) is 0. The summed E-state index contributed by atoms with van der Waals surface area (Å²) < 4.78 is 48.8. The van der Waals surface area contributed by atoms with Gasteiger partial charge in [0.1, 0.15) is 11.9 Å². The third-order valence-electron chi connectivity index (χ3n) is 6.42. The maximum absolute atomic E-state index is 14.0. The summed E-state index contributed by atoms with van der Waals surface area (Å²) in [5.74, 6) is 1.07. The molecule has 0 bridgehead atoms. The van der Waals surface area contributed by atoms with E-state index in [2.05, 4.69) is 9.97 Å². The highest BCUT2D eigenvalue weighted by Crippen LogP contribution is 2.37. The maximum Gasteiger partial charge on any atom is 0.408 e. The van der Waals surface area contributed by atoms with E-state index in [0.717, 1.165) is 10.7 Å². The van der Waals surface area contributed by atoms with Gasteiger partial charge in [-0.25, -0.2) is 0 Å². The summed E-state index contributed by atoms with van der Waals surface area (Å²) in [5, 5.41) is 0. The van der Waals surface area contributed by atoms with E-state index >= 15 is 0 Å². The van der Waals surface area contributed by atoms with Gasteiger partial charge in [0.05, 0.1) is 24.6 Å². The summed E-state index contributed by atoms with van der Waals surface area (Å²) in [6, 6.07) is 1.09. The second-order valence-corrected chi connectivity index (χ2v) is 9.38. The van der Waals surface area contributed by atoms with Crippen LogP contribution in [0, 0.1) is 6.92 Å². The van der Waals surface area contributed by atoms with Crippen LogP contribution in [0.15, 0.2) is 29.3 Å². The molecule has 0 aliphatic carbocycles. The summed E-state index contributed by atoms with van der Waals surface area (Å²) in [6.07, 6.45) is -2.03. The van der Waals surface area contributed by atoms with Crippen molar-refractivity contribution in [3.05, 3.63) is 46.0 Å². The van der Waals surface area contributed by atoms with Crippen molar-refractivity contribution in [1.29, 1.82) is 0 Å². The minimum absolute atomic E-state index is 0.0221. The van der Waals surface area contributed by atoms with Gasteiger partial charge in [-0.05, 0) is 25.0 Å². The lowest BCUT2D eigenvalue weighted by Crippen LogP contribution is -2.64. The average molecular weight is 482 g/mol. The number of ketones is 1. The summed E-state index contributed by atoms with van der Waals surface area (Å²) in [6.45, 7) is 1.55. The second-order valence-electron chi connectivity index (χ2n) is 8.41. The molecule has 33 heavy (non-hydrogen) atoms. The first kappa shape index (κ1) is 22.2. The van der Waals surface area contributed by atoms with Crippen LogP contribution in [0.5, 0.6) is 0 Å². The second kappa shape index (κ2) is 8.32. The molecule has 8 nitrogen and oxygen atoms in total. The number of pyridine rings is 1. The molecule has 12 heteroatoms. The highest BCUT2D eigenvalue weighted by Gasteiger charge is 2.48. The predicted molar refractivity (Wildman–Crippen MR) is 117 cm³/mol. The molecule has 2 fully saturated rings. The first-order valence-corrected chi connectivity index (χ1v) is 11.7. The molecule has 3 aliphatic rings. The largest absolute Gasteiger partial charge is 0.408 e. The number of alkyl halides is 3. The van der Waals surface area contributed by atoms with Crippen molar-refractivity contribution in [2.24, 2.45) is 0 Å². The molecular formula is C21H22F3N5O3S. The van der Waals surface area contributed by atoms with Crippen LogP contribution in [0.2, 0.25) is 0 Å². The number of anilines is 2. The Morgan fingerprint density at radius 3 is 2.91 bits per heavy atom. The van der Waals surface area contributed by atoms with E-state index in [1.165, 1.54) is 23.0 Å². The SMILES string of the molecule is Cc1ccncc1C(=O)CN1c2nc(N3C[C@H]4OCSCC43)cc(=O)n2CC[C@H]1C(F)(F)F. The molecule has 3 aliphatic heterocycles. The smallest absolute Gasteiger partial charge is 0.364 e. The number of thioether (sulfide) groups is 1. The van der Waals surface area contributed by atoms with Gasteiger partial charge in [0.15, 0.2) is 5.78 Å². The van der Waals surface area contributed by atoms with Crippen LogP contribution in [0.3, 0.4) is 0 Å². The Bertz CT molecular complexity index is 1140. The van der Waals surface area contributed by atoms with Crippen LogP contribution in [0.4, 0.5) is 24.9 Å². The van der Waals surface area contributed by atoms with Gasteiger partial charge in [-0.1, -0.05) is 0 Å². The number of halogens is 3. The Kier molecular flexibility index (Phi) is 5.60. The van der Waals surface area contributed by atoms with E-state index in [1.807, 2.05) is 4.90 Å². The number of ether oxygens (including phenoxy) is 1. The van der Waals surface area contributed by atoms with Gasteiger partial charge in [-0.15, -0.1) is 11.8 Å². The van der Waals surface area contributed by atoms with Crippen LogP contribution in [-0.2, 0) is 11.3 Å². The van der Waals surface area contributed by atoms with Crippen molar-refractivity contribution in [2.45, 2.75) is 44.3 Å². The highest BCUT2D eigenvalue weighted by molar-refractivity contribution is 7.99. The molecule has 5 rings (SSSR count). The van der Waals surface area contributed by atoms with Crippen LogP contribution in [-0.4, -0.2) is 69.5 Å². The zero-order valence-corrected chi connectivity index (χ0v) is 18.6. The molecular weight excluding hydrogens is 459 g/mol. The van der Waals surface area contributed by atoms with E-state index in [9.17, 15) is 22.8 Å². The van der Waals surface area contributed by atoms with E-state index in [0.29, 0.717) is 23.9 Å². The fraction of sp³-hybridized carbons (Fsp3) is 0.524. The van der Waals surface area contributed by atoms with Crippen molar-refractivity contribution < 1.29 is 22.7 Å². The van der Waals surface area contributed by atoms with Gasteiger partial charge in [0, 0.05) is 42.9 Å². The fourth-order valence-corrected chi connectivity index (χ4v) is 5.57. The summed E-state index contributed by atoms with van der Waals surface area (Å²) in [4.78, 5) is 37.1. The minimum atomic E-state index is -4.58. The minimum Gasteiger partial charge on any atom is -0.364 e. The summed E-state index contributed by atoms with van der Waals surface area (Å²) in [5.41, 5.74) is 0.436. The number of fused-ring (bicyclic) bond motifs is 2. The maximum atomic E-state index is 14.0. The molecule has 1 unspecified atom stereocenters. The number of rotatable bonds is 4. The lowest BCUT2D eigenvalue weighted by molar-refractivity contribution is -0.152. The van der Waals surface area contributed by atoms with Crippen LogP contribution >= 0.6 is 11.8 Å². The lowest BCUT2D eigenvalue weighted by atomic mass is 10.0. The van der Waals surface area contributed by atoms with Crippen molar-refractivity contribution in [3.63, 3.8) is 0 Å². The van der Waals surface area contributed by atoms with Gasteiger partial charge in [0.2, 0.25) is 5.95 Å². The van der Waals surface area contributed by atoms with Gasteiger partial charge in [-0.2, -0.15) is 18.2 Å². The zero-order chi connectivity index (χ0) is 23.3. The molecule has 0 amide bonds. The Morgan fingerprint density at radius 2 is 2.18 bits per heavy atom. The number of nitrogens with zero attached hydrogens (tertiary/aromatic N) is 5. The van der Waals surface area contributed by atoms with Gasteiger partial charge < -0.3 is 14.5 Å². The number of Topliss-reactive ketones (excluding diaryl/α,β-unsaturated/α-hetero) is 1. The van der Waals surface area contributed by atoms with Crippen molar-refractivity contribution >= 4 is 29.3 Å². The predicted octanol–water partition coefficient (Wildman–Crippen LogP) is 2.25. The Labute approximate surface area is 191 Å². The van der Waals surface area contributed by atoms with Crippen molar-refractivity contribution in [3.8, 4) is 0 Å². The third kappa shape index (κ3) is 3.99. The van der Waals surface area contributed by atoms with Crippen LogP contribution < -0.4 is 15.4 Å². The average Bonchev–Trinajstić information content (AvgIpc) is 2.74. The summed E-state index contributed by atoms with van der Waals surface area (Å²) in [7, 11) is 0. The number of hydrogen-bond acceptors (Lipinski definition) is 8. The van der Waals surface area contributed by atoms with Crippen molar-refractivity contribution in [1.82, 2.24) is 14.5 Å². The quantitative estimate of drug-likeness (QED) is 0.616. The third-order valence-corrected chi connectivity index (χ3v) is 7.30. The van der Waals surface area contributed by atoms with Crippen molar-refractivity contribution in [2.75, 3.05) is 34.6 Å². The molecule has 0 saturated carbocycles. The number of aromatic nitrogens is 3. The molecule has 0 spiro atoms. The molecule has 176 valence electrons. The summed E-state index contributed by atoms with van der Waals surface area (Å²) >= 11 is 1.62. The van der Waals surface area contributed by atoms with Crippen LogP contribution in [0.1, 0.15) is 22.3 Å². The molecule has 0 aromatic carbocycles. The molecule has 2 aromatic heterocycles. The van der Waals surface area contributed by atoms with E-state index < -0.39 is 30.1 Å². The highest BCUT2D eigenvalue weighted by atomic mass is 32.2. The fourth-order valence-electron chi connectivity index (χ4n) is 4.56. The van der Waals surface area contributed by atoms with Gasteiger partial charge in [-0.3, -0.25) is 19.1 Å². The standard InChI is InChI=1S/C21H22F3N5O3S/c1-12-2-4-25-7-13(12)15(30)8-29-17(21(22,23)24)3-5-27-19(31)6-18(26-20(27)29)28-9-16-14(28)10-33-11-32-16/h2,4,6-7,14,16-17H,3,5,8-11H2,1H3/t14?,16-,17+/m1/s1. The normalized spacial score (nSPS) is 24.7. The van der Waals surface area contributed by atoms with Crippen LogP contribution in [0.25, 0.3) is 0 Å². The molecule has 2 saturated heterocycles. The number of carbonyl (C=O) groups is 1. The molecule has 0 N–H and O–H groups in total. The monoisotopic (exact) mass is 481 g/mol. The molecule has 3 atom stereocenters. The number of carbonyl (C=O) groups excluding carboxylic acids is 1. The van der Waals surface area contributed by atoms with E-state index in [-0.39, 0.29) is 36.6 Å². The topological polar surface area (TPSA) is 80.6 Å². The van der Waals surface area contributed by atoms with Gasteiger partial charge in [0.25, 0.3) is 5.56 Å². The lowest BCUT2D eigenvalue weighted by Gasteiger charge is -2.50. The van der Waals surface area contributed by atoms with Gasteiger partial charge >= 0.3 is 6.18 Å². The molecule has 0 radical (unpaired) electrons. The molecule has 5 heterocycles. The van der Waals surface area contributed by atoms with E-state index in [1.54, 1.807) is 24.8 Å². The molecule has 2 aromatic rings. The van der Waals surface area contributed by atoms with E-state index in [4.69, 9.17) is 4.74 Å². The first-order chi connectivity index (χ1) is 15.7.